The first-order chi connectivity index (χ1) is 14.5. The Morgan fingerprint density at radius 3 is 2.87 bits per heavy atom. The molecule has 1 atom stereocenters. The van der Waals surface area contributed by atoms with Crippen LogP contribution in [0.25, 0.3) is 10.9 Å². The number of ether oxygens (including phenoxy) is 1. The largest absolute Gasteiger partial charge is 0.487 e. The quantitative estimate of drug-likeness (QED) is 0.465. The van der Waals surface area contributed by atoms with Crippen LogP contribution in [0.1, 0.15) is 12.5 Å². The zero-order chi connectivity index (χ0) is 20.8. The number of aromatic nitrogens is 2. The fourth-order valence-electron chi connectivity index (χ4n) is 4.10. The molecule has 2 aromatic carbocycles. The van der Waals surface area contributed by atoms with Crippen molar-refractivity contribution in [2.45, 2.75) is 19.5 Å². The van der Waals surface area contributed by atoms with Gasteiger partial charge in [0.05, 0.1) is 9.86 Å². The Morgan fingerprint density at radius 1 is 1.27 bits per heavy atom. The van der Waals surface area contributed by atoms with Gasteiger partial charge in [-0.3, -0.25) is 4.90 Å². The molecule has 154 valence electrons. The molecule has 0 bridgehead atoms. The molecule has 0 radical (unpaired) electrons. The van der Waals surface area contributed by atoms with E-state index in [2.05, 4.69) is 66.9 Å². The molecule has 2 aliphatic rings. The summed E-state index contributed by atoms with van der Waals surface area (Å²) in [4.78, 5) is 13.3. The fourth-order valence-corrected chi connectivity index (χ4v) is 4.70. The van der Waals surface area contributed by atoms with Gasteiger partial charge in [-0.25, -0.2) is 14.4 Å². The SMILES string of the molecule is C[C@@H]1CN2/C(=C\COc3c(Cl)c(Br)c(F)c4ncnc2c34)CN1Cc1ccccc1. The Balaban J connectivity index is 1.57. The standard InChI is InChI=1S/C22H19BrClFN4O/c1-13-9-29-15(11-28(13)10-14-5-3-2-4-6-14)7-8-30-21-16-20(26-12-27-22(16)29)19(25)17(23)18(21)24/h2-7,12-13H,8-11H2,1H3/b15-7-/t13-/m1/s1. The molecular formula is C22H19BrClFN4O. The Morgan fingerprint density at radius 2 is 2.07 bits per heavy atom. The lowest BCUT2D eigenvalue weighted by molar-refractivity contribution is 0.198. The number of fused-ring (bicyclic) bond motifs is 2. The third-order valence-electron chi connectivity index (χ3n) is 5.66. The summed E-state index contributed by atoms with van der Waals surface area (Å²) in [6.45, 7) is 4.85. The van der Waals surface area contributed by atoms with Crippen LogP contribution in [0.15, 0.2) is 52.9 Å². The molecule has 0 saturated carbocycles. The van der Waals surface area contributed by atoms with Gasteiger partial charge in [0.1, 0.15) is 29.3 Å². The molecule has 2 aliphatic heterocycles. The van der Waals surface area contributed by atoms with Crippen molar-refractivity contribution in [2.24, 2.45) is 0 Å². The number of hydrogen-bond donors (Lipinski definition) is 0. The van der Waals surface area contributed by atoms with Crippen LogP contribution in [-0.4, -0.2) is 40.6 Å². The fraction of sp³-hybridized carbons (Fsp3) is 0.273. The molecule has 5 nitrogen and oxygen atoms in total. The van der Waals surface area contributed by atoms with Crippen LogP contribution < -0.4 is 9.64 Å². The first-order valence-corrected chi connectivity index (χ1v) is 10.9. The zero-order valence-corrected chi connectivity index (χ0v) is 18.6. The molecule has 3 heterocycles. The Bertz CT molecular complexity index is 1160. The number of anilines is 1. The first kappa shape index (κ1) is 19.7. The predicted molar refractivity (Wildman–Crippen MR) is 119 cm³/mol. The van der Waals surface area contributed by atoms with Gasteiger partial charge in [-0.05, 0) is 34.5 Å². The van der Waals surface area contributed by atoms with E-state index in [1.165, 1.54) is 11.9 Å². The van der Waals surface area contributed by atoms with Crippen LogP contribution in [0.2, 0.25) is 5.02 Å². The number of rotatable bonds is 2. The van der Waals surface area contributed by atoms with E-state index < -0.39 is 5.82 Å². The second-order valence-corrected chi connectivity index (χ2v) is 8.72. The van der Waals surface area contributed by atoms with E-state index in [0.717, 1.165) is 25.3 Å². The van der Waals surface area contributed by atoms with Crippen LogP contribution in [0.4, 0.5) is 10.2 Å². The summed E-state index contributed by atoms with van der Waals surface area (Å²) >= 11 is 9.63. The second kappa shape index (κ2) is 7.80. The van der Waals surface area contributed by atoms with Crippen molar-refractivity contribution in [3.8, 4) is 5.75 Å². The van der Waals surface area contributed by atoms with E-state index in [1.54, 1.807) is 0 Å². The molecule has 0 spiro atoms. The van der Waals surface area contributed by atoms with E-state index in [9.17, 15) is 4.39 Å². The van der Waals surface area contributed by atoms with Crippen molar-refractivity contribution in [3.05, 3.63) is 69.3 Å². The normalized spacial score (nSPS) is 20.7. The summed E-state index contributed by atoms with van der Waals surface area (Å²) in [6.07, 6.45) is 3.44. The lowest BCUT2D eigenvalue weighted by Crippen LogP contribution is -2.50. The van der Waals surface area contributed by atoms with E-state index in [4.69, 9.17) is 16.3 Å². The van der Waals surface area contributed by atoms with Gasteiger partial charge in [-0.1, -0.05) is 41.9 Å². The topological polar surface area (TPSA) is 41.5 Å². The molecule has 1 saturated heterocycles. The molecular weight excluding hydrogens is 471 g/mol. The van der Waals surface area contributed by atoms with Crippen LogP contribution in [0.3, 0.4) is 0 Å². The van der Waals surface area contributed by atoms with E-state index in [1.807, 2.05) is 12.1 Å². The highest BCUT2D eigenvalue weighted by Gasteiger charge is 2.33. The molecule has 0 amide bonds. The monoisotopic (exact) mass is 488 g/mol. The molecule has 8 heteroatoms. The van der Waals surface area contributed by atoms with Crippen LogP contribution in [0.5, 0.6) is 5.75 Å². The van der Waals surface area contributed by atoms with Gasteiger partial charge in [0, 0.05) is 31.4 Å². The van der Waals surface area contributed by atoms with Crippen molar-refractivity contribution in [2.75, 3.05) is 24.6 Å². The van der Waals surface area contributed by atoms with Gasteiger partial charge in [-0.2, -0.15) is 0 Å². The van der Waals surface area contributed by atoms with E-state index in [-0.39, 0.29) is 21.1 Å². The van der Waals surface area contributed by atoms with Crippen molar-refractivity contribution in [3.63, 3.8) is 0 Å². The summed E-state index contributed by atoms with van der Waals surface area (Å²) in [5, 5.41) is 0.709. The minimum absolute atomic E-state index is 0.155. The van der Waals surface area contributed by atoms with E-state index >= 15 is 0 Å². The lowest BCUT2D eigenvalue weighted by Gasteiger charge is -2.43. The maximum atomic E-state index is 14.9. The zero-order valence-electron chi connectivity index (χ0n) is 16.3. The van der Waals surface area contributed by atoms with Gasteiger partial charge in [0.15, 0.2) is 11.6 Å². The number of halogens is 3. The molecule has 1 fully saturated rings. The third kappa shape index (κ3) is 3.25. The lowest BCUT2D eigenvalue weighted by atomic mass is 10.1. The van der Waals surface area contributed by atoms with Crippen LogP contribution in [-0.2, 0) is 6.54 Å². The van der Waals surface area contributed by atoms with Gasteiger partial charge >= 0.3 is 0 Å². The summed E-state index contributed by atoms with van der Waals surface area (Å²) < 4.78 is 21.0. The maximum absolute atomic E-state index is 14.9. The molecule has 30 heavy (non-hydrogen) atoms. The minimum Gasteiger partial charge on any atom is -0.487 e. The molecule has 0 aliphatic carbocycles. The van der Waals surface area contributed by atoms with Crippen LogP contribution in [0, 0.1) is 5.82 Å². The van der Waals surface area contributed by atoms with Crippen LogP contribution >= 0.6 is 27.5 Å². The Kier molecular flexibility index (Phi) is 5.13. The third-order valence-corrected chi connectivity index (χ3v) is 6.99. The maximum Gasteiger partial charge on any atom is 0.165 e. The molecule has 0 N–H and O–H groups in total. The highest BCUT2D eigenvalue weighted by Crippen LogP contribution is 2.45. The Hall–Kier alpha value is -2.22. The summed E-state index contributed by atoms with van der Waals surface area (Å²) in [5.74, 6) is 0.526. The molecule has 5 rings (SSSR count). The summed E-state index contributed by atoms with van der Waals surface area (Å²) in [7, 11) is 0. The highest BCUT2D eigenvalue weighted by molar-refractivity contribution is 9.10. The Labute approximate surface area is 187 Å². The number of nitrogens with zero attached hydrogens (tertiary/aromatic N) is 4. The van der Waals surface area contributed by atoms with Gasteiger partial charge in [0.25, 0.3) is 0 Å². The predicted octanol–water partition coefficient (Wildman–Crippen LogP) is 5.17. The van der Waals surface area contributed by atoms with Crippen molar-refractivity contribution in [1.82, 2.24) is 14.9 Å². The average molecular weight is 490 g/mol. The number of hydrogen-bond acceptors (Lipinski definition) is 5. The van der Waals surface area contributed by atoms with Gasteiger partial charge < -0.3 is 9.64 Å². The summed E-state index contributed by atoms with van der Waals surface area (Å²) in [6, 6.07) is 10.7. The van der Waals surface area contributed by atoms with Gasteiger partial charge in [-0.15, -0.1) is 0 Å². The number of benzene rings is 2. The van der Waals surface area contributed by atoms with Crippen molar-refractivity contribution < 1.29 is 9.13 Å². The summed E-state index contributed by atoms with van der Waals surface area (Å²) in [5.41, 5.74) is 2.55. The molecule has 3 aromatic rings. The molecule has 0 unspecified atom stereocenters. The minimum atomic E-state index is -0.507. The average Bonchev–Trinajstić information content (AvgIpc) is 2.75. The molecule has 1 aromatic heterocycles. The van der Waals surface area contributed by atoms with Crippen molar-refractivity contribution in [1.29, 1.82) is 0 Å². The van der Waals surface area contributed by atoms with E-state index in [0.29, 0.717) is 23.6 Å². The van der Waals surface area contributed by atoms with Crippen molar-refractivity contribution >= 4 is 44.3 Å². The highest BCUT2D eigenvalue weighted by atomic mass is 79.9. The number of piperazine rings is 1. The smallest absolute Gasteiger partial charge is 0.165 e. The first-order valence-electron chi connectivity index (χ1n) is 9.73. The van der Waals surface area contributed by atoms with Gasteiger partial charge in [0.2, 0.25) is 0 Å². The second-order valence-electron chi connectivity index (χ2n) is 7.55.